The predicted octanol–water partition coefficient (Wildman–Crippen LogP) is 5.13. The Labute approximate surface area is 178 Å². The molecule has 2 heterocycles. The van der Waals surface area contributed by atoms with E-state index in [2.05, 4.69) is 20.5 Å². The van der Waals surface area contributed by atoms with Crippen molar-refractivity contribution in [3.63, 3.8) is 0 Å². The molecule has 0 saturated carbocycles. The number of halogens is 2. The third-order valence-electron chi connectivity index (χ3n) is 3.88. The lowest BCUT2D eigenvalue weighted by atomic mass is 10.2. The van der Waals surface area contributed by atoms with E-state index in [9.17, 15) is 4.79 Å². The van der Waals surface area contributed by atoms with Gasteiger partial charge < -0.3 is 9.88 Å². The van der Waals surface area contributed by atoms with Crippen LogP contribution in [0.4, 0.5) is 5.13 Å². The van der Waals surface area contributed by atoms with Crippen molar-refractivity contribution in [3.8, 4) is 11.4 Å². The maximum absolute atomic E-state index is 12.3. The van der Waals surface area contributed by atoms with Crippen LogP contribution in [-0.2, 0) is 11.8 Å². The Morgan fingerprint density at radius 1 is 1.21 bits per heavy atom. The van der Waals surface area contributed by atoms with Crippen molar-refractivity contribution >= 4 is 67.6 Å². The van der Waals surface area contributed by atoms with Gasteiger partial charge in [0.15, 0.2) is 16.1 Å². The van der Waals surface area contributed by atoms with Gasteiger partial charge in [0.05, 0.1) is 21.0 Å². The Morgan fingerprint density at radius 3 is 2.82 bits per heavy atom. The van der Waals surface area contributed by atoms with Crippen molar-refractivity contribution in [2.24, 2.45) is 7.05 Å². The van der Waals surface area contributed by atoms with Crippen molar-refractivity contribution < 1.29 is 4.79 Å². The van der Waals surface area contributed by atoms with Gasteiger partial charge >= 0.3 is 0 Å². The van der Waals surface area contributed by atoms with Crippen molar-refractivity contribution in [2.45, 2.75) is 5.16 Å². The second-order valence-electron chi connectivity index (χ2n) is 5.81. The Kier molecular flexibility index (Phi) is 5.54. The van der Waals surface area contributed by atoms with E-state index in [1.54, 1.807) is 22.8 Å². The second-order valence-corrected chi connectivity index (χ2v) is 8.63. The van der Waals surface area contributed by atoms with E-state index in [1.807, 2.05) is 31.3 Å². The van der Waals surface area contributed by atoms with Gasteiger partial charge in [-0.3, -0.25) is 4.79 Å². The summed E-state index contributed by atoms with van der Waals surface area (Å²) in [5.41, 5.74) is 1.60. The fraction of sp³-hybridized carbons (Fsp3) is 0.111. The number of carbonyl (C=O) groups excluding carboxylic acids is 1. The first kappa shape index (κ1) is 19.2. The minimum absolute atomic E-state index is 0.155. The molecule has 0 unspecified atom stereocenters. The lowest BCUT2D eigenvalue weighted by Crippen LogP contribution is -2.14. The van der Waals surface area contributed by atoms with Crippen molar-refractivity contribution in [1.82, 2.24) is 19.7 Å². The van der Waals surface area contributed by atoms with Gasteiger partial charge in [0.1, 0.15) is 0 Å². The van der Waals surface area contributed by atoms with Crippen LogP contribution < -0.4 is 5.32 Å². The Morgan fingerprint density at radius 2 is 2.04 bits per heavy atom. The number of aromatic nitrogens is 4. The summed E-state index contributed by atoms with van der Waals surface area (Å²) in [6.07, 6.45) is 0. The molecule has 10 heteroatoms. The van der Waals surface area contributed by atoms with Gasteiger partial charge in [0, 0.05) is 17.6 Å². The molecule has 6 nitrogen and oxygen atoms in total. The van der Waals surface area contributed by atoms with Crippen molar-refractivity contribution in [2.75, 3.05) is 11.1 Å². The van der Waals surface area contributed by atoms with E-state index < -0.39 is 0 Å². The lowest BCUT2D eigenvalue weighted by Gasteiger charge is -2.06. The highest BCUT2D eigenvalue weighted by molar-refractivity contribution is 7.99. The minimum atomic E-state index is -0.155. The fourth-order valence-electron chi connectivity index (χ4n) is 2.56. The molecule has 2 aromatic heterocycles. The molecule has 1 N–H and O–H groups in total. The average Bonchev–Trinajstić information content (AvgIpc) is 3.23. The normalized spacial score (nSPS) is 11.1. The van der Waals surface area contributed by atoms with Gasteiger partial charge in [-0.2, -0.15) is 0 Å². The smallest absolute Gasteiger partial charge is 0.236 e. The van der Waals surface area contributed by atoms with E-state index in [1.165, 1.54) is 23.1 Å². The SMILES string of the molecule is Cn1c(SCC(=O)Nc2nc3ccccc3s2)nnc1-c1ccc(Cl)cc1Cl. The number of nitrogens with one attached hydrogen (secondary N) is 1. The number of thiazole rings is 1. The number of para-hydroxylation sites is 1. The quantitative estimate of drug-likeness (QED) is 0.427. The second kappa shape index (κ2) is 8.08. The number of hydrogen-bond acceptors (Lipinski definition) is 6. The zero-order valence-corrected chi connectivity index (χ0v) is 17.7. The molecule has 0 aliphatic heterocycles. The molecule has 0 fully saturated rings. The van der Waals surface area contributed by atoms with Crippen LogP contribution in [0.1, 0.15) is 0 Å². The third-order valence-corrected chi connectivity index (χ3v) is 6.40. The largest absolute Gasteiger partial charge is 0.305 e. The van der Waals surface area contributed by atoms with Gasteiger partial charge in [-0.05, 0) is 30.3 Å². The van der Waals surface area contributed by atoms with E-state index in [-0.39, 0.29) is 11.7 Å². The van der Waals surface area contributed by atoms with Gasteiger partial charge in [0.25, 0.3) is 0 Å². The minimum Gasteiger partial charge on any atom is -0.305 e. The molecule has 0 bridgehead atoms. The summed E-state index contributed by atoms with van der Waals surface area (Å²) in [4.78, 5) is 16.7. The number of benzene rings is 2. The first-order chi connectivity index (χ1) is 13.5. The van der Waals surface area contributed by atoms with Crippen LogP contribution in [0.25, 0.3) is 21.6 Å². The molecule has 0 aliphatic carbocycles. The van der Waals surface area contributed by atoms with Gasteiger partial charge in [-0.1, -0.05) is 58.4 Å². The summed E-state index contributed by atoms with van der Waals surface area (Å²) in [5.74, 6) is 0.643. The molecule has 0 aliphatic rings. The molecule has 4 rings (SSSR count). The number of thioether (sulfide) groups is 1. The number of hydrogen-bond donors (Lipinski definition) is 1. The standard InChI is InChI=1S/C18H13Cl2N5OS2/c1-25-16(11-7-6-10(19)8-12(11)20)23-24-18(25)27-9-15(26)22-17-21-13-4-2-3-5-14(13)28-17/h2-8H,9H2,1H3,(H,21,22,26). The molecule has 0 saturated heterocycles. The van der Waals surface area contributed by atoms with Crippen LogP contribution in [0.15, 0.2) is 47.6 Å². The Hall–Kier alpha value is -2.13. The van der Waals surface area contributed by atoms with Crippen molar-refractivity contribution in [1.29, 1.82) is 0 Å². The summed E-state index contributed by atoms with van der Waals surface area (Å²) in [6, 6.07) is 13.0. The maximum atomic E-state index is 12.3. The van der Waals surface area contributed by atoms with E-state index >= 15 is 0 Å². The molecule has 28 heavy (non-hydrogen) atoms. The summed E-state index contributed by atoms with van der Waals surface area (Å²) >= 11 is 14.9. The van der Waals surface area contributed by atoms with E-state index in [4.69, 9.17) is 23.2 Å². The van der Waals surface area contributed by atoms with Gasteiger partial charge in [-0.15, -0.1) is 10.2 Å². The molecule has 0 atom stereocenters. The average molecular weight is 450 g/mol. The number of rotatable bonds is 5. The first-order valence-corrected chi connectivity index (χ1v) is 10.7. The summed E-state index contributed by atoms with van der Waals surface area (Å²) in [5, 5.41) is 13.4. The Balaban J connectivity index is 1.43. The molecular weight excluding hydrogens is 437 g/mol. The highest BCUT2D eigenvalue weighted by Gasteiger charge is 2.16. The molecule has 142 valence electrons. The van der Waals surface area contributed by atoms with E-state index in [0.717, 1.165) is 15.8 Å². The predicted molar refractivity (Wildman–Crippen MR) is 115 cm³/mol. The van der Waals surface area contributed by atoms with Crippen molar-refractivity contribution in [3.05, 3.63) is 52.5 Å². The highest BCUT2D eigenvalue weighted by atomic mass is 35.5. The molecule has 0 radical (unpaired) electrons. The monoisotopic (exact) mass is 449 g/mol. The van der Waals surface area contributed by atoms with Crippen LogP contribution in [0.2, 0.25) is 10.0 Å². The number of amides is 1. The first-order valence-electron chi connectivity index (χ1n) is 8.14. The van der Waals surface area contributed by atoms with Gasteiger partial charge in [-0.25, -0.2) is 4.98 Å². The van der Waals surface area contributed by atoms with Crippen LogP contribution in [0, 0.1) is 0 Å². The highest BCUT2D eigenvalue weighted by Crippen LogP contribution is 2.31. The van der Waals surface area contributed by atoms with Crippen LogP contribution in [-0.4, -0.2) is 31.4 Å². The molecule has 1 amide bonds. The number of nitrogens with zero attached hydrogens (tertiary/aromatic N) is 4. The summed E-state index contributed by atoms with van der Waals surface area (Å²) in [7, 11) is 1.83. The molecule has 4 aromatic rings. The topological polar surface area (TPSA) is 72.7 Å². The lowest BCUT2D eigenvalue weighted by molar-refractivity contribution is -0.113. The Bertz CT molecular complexity index is 1140. The number of anilines is 1. The maximum Gasteiger partial charge on any atom is 0.236 e. The summed E-state index contributed by atoms with van der Waals surface area (Å²) in [6.45, 7) is 0. The number of fused-ring (bicyclic) bond motifs is 1. The van der Waals surface area contributed by atoms with Gasteiger partial charge in [0.2, 0.25) is 5.91 Å². The molecular formula is C18H13Cl2N5OS2. The zero-order chi connectivity index (χ0) is 19.7. The molecule has 2 aromatic carbocycles. The van der Waals surface area contributed by atoms with Crippen LogP contribution in [0.5, 0.6) is 0 Å². The third kappa shape index (κ3) is 4.00. The number of carbonyl (C=O) groups is 1. The zero-order valence-electron chi connectivity index (χ0n) is 14.5. The molecule has 0 spiro atoms. The summed E-state index contributed by atoms with van der Waals surface area (Å²) < 4.78 is 2.83. The van der Waals surface area contributed by atoms with Crippen LogP contribution in [0.3, 0.4) is 0 Å². The fourth-order valence-corrected chi connectivity index (χ4v) is 4.64. The van der Waals surface area contributed by atoms with Crippen LogP contribution >= 0.6 is 46.3 Å². The van der Waals surface area contributed by atoms with E-state index in [0.29, 0.717) is 26.2 Å².